The number of hydrogen-bond donors (Lipinski definition) is 1. The number of aryl methyl sites for hydroxylation is 1. The molecule has 0 radical (unpaired) electrons. The maximum Gasteiger partial charge on any atom is 0.226 e. The first kappa shape index (κ1) is 21.2. The Balaban J connectivity index is 1.72. The molecule has 0 aliphatic carbocycles. The van der Waals surface area contributed by atoms with E-state index in [1.165, 1.54) is 12.3 Å². The normalized spacial score (nSPS) is 10.6. The second-order valence-corrected chi connectivity index (χ2v) is 6.96. The summed E-state index contributed by atoms with van der Waals surface area (Å²) < 4.78 is 13.6. The van der Waals surface area contributed by atoms with Crippen LogP contribution in [0.5, 0.6) is 5.75 Å². The number of Topliss-reactive ketones (excluding diaryl/α,β-unsaturated/α-hetero) is 1. The number of nitrogens with zero attached hydrogens (tertiary/aromatic N) is 2. The van der Waals surface area contributed by atoms with Crippen LogP contribution in [0.2, 0.25) is 0 Å². The molecule has 3 aromatic rings. The van der Waals surface area contributed by atoms with Crippen molar-refractivity contribution in [1.29, 1.82) is 0 Å². The van der Waals surface area contributed by atoms with Crippen molar-refractivity contribution in [3.05, 3.63) is 77.9 Å². The van der Waals surface area contributed by atoms with Crippen molar-refractivity contribution in [3.63, 3.8) is 0 Å². The first-order valence-corrected chi connectivity index (χ1v) is 9.73. The van der Waals surface area contributed by atoms with E-state index in [1.54, 1.807) is 36.2 Å². The van der Waals surface area contributed by atoms with Crippen LogP contribution in [0, 0.1) is 5.95 Å². The van der Waals surface area contributed by atoms with Gasteiger partial charge in [-0.1, -0.05) is 31.2 Å². The lowest BCUT2D eigenvalue weighted by molar-refractivity contribution is -0.118. The van der Waals surface area contributed by atoms with Gasteiger partial charge in [0.05, 0.1) is 5.56 Å². The summed E-state index contributed by atoms with van der Waals surface area (Å²) in [5.74, 6) is -0.946. The highest BCUT2D eigenvalue weighted by Crippen LogP contribution is 2.29. The third-order valence-corrected chi connectivity index (χ3v) is 5.02. The number of aromatic nitrogens is 1. The SMILES string of the molecule is CCC(=O)N(C)c1ccc(-c2ccc(C(=O)CCc3cccnc3F)c(O)c2)cc1. The minimum atomic E-state index is -0.584. The number of hydrogen-bond acceptors (Lipinski definition) is 4. The second kappa shape index (κ2) is 9.31. The number of halogens is 1. The summed E-state index contributed by atoms with van der Waals surface area (Å²) in [6.45, 7) is 1.81. The van der Waals surface area contributed by atoms with Crippen LogP contribution in [0.4, 0.5) is 10.1 Å². The summed E-state index contributed by atoms with van der Waals surface area (Å²) in [5, 5.41) is 10.4. The molecule has 1 heterocycles. The lowest BCUT2D eigenvalue weighted by atomic mass is 9.98. The number of benzene rings is 2. The fraction of sp³-hybridized carbons (Fsp3) is 0.208. The summed E-state index contributed by atoms with van der Waals surface area (Å²) >= 11 is 0. The summed E-state index contributed by atoms with van der Waals surface area (Å²) in [6, 6.07) is 15.5. The van der Waals surface area contributed by atoms with Crippen LogP contribution in [0.25, 0.3) is 11.1 Å². The Morgan fingerprint density at radius 1 is 1.07 bits per heavy atom. The molecule has 0 saturated carbocycles. The Kier molecular flexibility index (Phi) is 6.57. The van der Waals surface area contributed by atoms with Gasteiger partial charge in [-0.15, -0.1) is 0 Å². The van der Waals surface area contributed by atoms with Crippen LogP contribution in [0.15, 0.2) is 60.8 Å². The Labute approximate surface area is 174 Å². The van der Waals surface area contributed by atoms with Gasteiger partial charge in [0.15, 0.2) is 5.78 Å². The average molecular weight is 406 g/mol. The molecule has 2 aromatic carbocycles. The van der Waals surface area contributed by atoms with Crippen LogP contribution in [-0.4, -0.2) is 28.8 Å². The lowest BCUT2D eigenvalue weighted by Gasteiger charge is -2.17. The summed E-state index contributed by atoms with van der Waals surface area (Å²) in [4.78, 5) is 29.4. The van der Waals surface area contributed by atoms with Gasteiger partial charge < -0.3 is 10.0 Å². The molecule has 1 N–H and O–H groups in total. The van der Waals surface area contributed by atoms with E-state index in [9.17, 15) is 19.1 Å². The van der Waals surface area contributed by atoms with Gasteiger partial charge in [-0.2, -0.15) is 4.39 Å². The first-order chi connectivity index (χ1) is 14.4. The number of pyridine rings is 1. The zero-order valence-electron chi connectivity index (χ0n) is 16.9. The van der Waals surface area contributed by atoms with Crippen molar-refractivity contribution in [3.8, 4) is 16.9 Å². The van der Waals surface area contributed by atoms with Crippen LogP contribution in [0.1, 0.15) is 35.7 Å². The fourth-order valence-corrected chi connectivity index (χ4v) is 3.19. The molecule has 0 saturated heterocycles. The summed E-state index contributed by atoms with van der Waals surface area (Å²) in [7, 11) is 1.73. The van der Waals surface area contributed by atoms with Crippen LogP contribution >= 0.6 is 0 Å². The van der Waals surface area contributed by atoms with Gasteiger partial charge in [-0.3, -0.25) is 9.59 Å². The number of carbonyl (C=O) groups is 2. The Hall–Kier alpha value is -3.54. The molecule has 1 amide bonds. The fourth-order valence-electron chi connectivity index (χ4n) is 3.19. The number of phenols is 1. The molecular weight excluding hydrogens is 383 g/mol. The Morgan fingerprint density at radius 3 is 2.40 bits per heavy atom. The van der Waals surface area contributed by atoms with E-state index in [0.29, 0.717) is 12.0 Å². The van der Waals surface area contributed by atoms with Crippen molar-refractivity contribution in [1.82, 2.24) is 4.98 Å². The van der Waals surface area contributed by atoms with Gasteiger partial charge in [-0.25, -0.2) is 4.98 Å². The molecule has 6 heteroatoms. The first-order valence-electron chi connectivity index (χ1n) is 9.73. The highest BCUT2D eigenvalue weighted by Gasteiger charge is 2.14. The third-order valence-electron chi connectivity index (χ3n) is 5.02. The molecule has 1 aromatic heterocycles. The van der Waals surface area contributed by atoms with Crippen molar-refractivity contribution in [2.24, 2.45) is 0 Å². The molecule has 0 bridgehead atoms. The van der Waals surface area contributed by atoms with Crippen LogP contribution < -0.4 is 4.90 Å². The number of amides is 1. The number of rotatable bonds is 7. The molecule has 0 aliphatic heterocycles. The van der Waals surface area contributed by atoms with Crippen molar-refractivity contribution >= 4 is 17.4 Å². The topological polar surface area (TPSA) is 70.5 Å². The van der Waals surface area contributed by atoms with E-state index in [2.05, 4.69) is 4.98 Å². The van der Waals surface area contributed by atoms with E-state index in [4.69, 9.17) is 0 Å². The van der Waals surface area contributed by atoms with Crippen LogP contribution in [0.3, 0.4) is 0 Å². The van der Waals surface area contributed by atoms with Gasteiger partial charge in [0.2, 0.25) is 11.9 Å². The number of anilines is 1. The second-order valence-electron chi connectivity index (χ2n) is 6.96. The molecular formula is C24H23FN2O3. The Morgan fingerprint density at radius 2 is 1.77 bits per heavy atom. The standard InChI is InChI=1S/C24H23FN2O3/c1-3-23(30)27(2)19-10-6-16(7-11-19)18-8-12-20(22(29)15-18)21(28)13-9-17-5-4-14-26-24(17)25/h4-8,10-12,14-15,29H,3,9,13H2,1-2H3. The van der Waals surface area contributed by atoms with Gasteiger partial charge in [0, 0.05) is 37.3 Å². The number of phenolic OH excluding ortho intramolecular Hbond substituents is 1. The quantitative estimate of drug-likeness (QED) is 0.453. The predicted molar refractivity (Wildman–Crippen MR) is 114 cm³/mol. The van der Waals surface area contributed by atoms with Gasteiger partial charge >= 0.3 is 0 Å². The lowest BCUT2D eigenvalue weighted by Crippen LogP contribution is -2.24. The van der Waals surface area contributed by atoms with E-state index in [1.807, 2.05) is 31.2 Å². The smallest absolute Gasteiger partial charge is 0.226 e. The zero-order valence-corrected chi connectivity index (χ0v) is 16.9. The molecule has 3 rings (SSSR count). The monoisotopic (exact) mass is 406 g/mol. The maximum atomic E-state index is 13.6. The summed E-state index contributed by atoms with van der Waals surface area (Å²) in [5.41, 5.74) is 2.95. The highest BCUT2D eigenvalue weighted by atomic mass is 19.1. The Bertz CT molecular complexity index is 1060. The molecule has 0 fully saturated rings. The number of aromatic hydroxyl groups is 1. The van der Waals surface area contributed by atoms with Crippen molar-refractivity contribution in [2.75, 3.05) is 11.9 Å². The van der Waals surface area contributed by atoms with Crippen molar-refractivity contribution in [2.45, 2.75) is 26.2 Å². The van der Waals surface area contributed by atoms with Crippen molar-refractivity contribution < 1.29 is 19.1 Å². The molecule has 30 heavy (non-hydrogen) atoms. The molecule has 0 unspecified atom stereocenters. The van der Waals surface area contributed by atoms with E-state index < -0.39 is 5.95 Å². The minimum absolute atomic E-state index is 0.0226. The molecule has 0 spiro atoms. The maximum absolute atomic E-state index is 13.6. The van der Waals surface area contributed by atoms with Gasteiger partial charge in [0.25, 0.3) is 0 Å². The predicted octanol–water partition coefficient (Wildman–Crippen LogP) is 4.78. The van der Waals surface area contributed by atoms with Gasteiger partial charge in [-0.05, 0) is 47.9 Å². The molecule has 0 atom stereocenters. The van der Waals surface area contributed by atoms with E-state index in [-0.39, 0.29) is 35.8 Å². The largest absolute Gasteiger partial charge is 0.507 e. The van der Waals surface area contributed by atoms with Crippen LogP contribution in [-0.2, 0) is 11.2 Å². The molecule has 154 valence electrons. The third kappa shape index (κ3) is 4.71. The minimum Gasteiger partial charge on any atom is -0.507 e. The average Bonchev–Trinajstić information content (AvgIpc) is 2.77. The van der Waals surface area contributed by atoms with E-state index in [0.717, 1.165) is 16.8 Å². The van der Waals surface area contributed by atoms with E-state index >= 15 is 0 Å². The number of ketones is 1. The molecule has 5 nitrogen and oxygen atoms in total. The summed E-state index contributed by atoms with van der Waals surface area (Å²) in [6.07, 6.45) is 2.07. The molecule has 0 aliphatic rings. The zero-order chi connectivity index (χ0) is 21.7. The number of carbonyl (C=O) groups excluding carboxylic acids is 2. The van der Waals surface area contributed by atoms with Gasteiger partial charge in [0.1, 0.15) is 5.75 Å². The highest BCUT2D eigenvalue weighted by molar-refractivity contribution is 5.99.